The first-order valence-electron chi connectivity index (χ1n) is 11.0. The van der Waals surface area contributed by atoms with E-state index in [2.05, 4.69) is 15.3 Å². The highest BCUT2D eigenvalue weighted by Crippen LogP contribution is 2.24. The summed E-state index contributed by atoms with van der Waals surface area (Å²) in [6.45, 7) is 6.05. The Bertz CT molecular complexity index is 1270. The fourth-order valence-electron chi connectivity index (χ4n) is 4.06. The first-order chi connectivity index (χ1) is 16.3. The molecule has 0 bridgehead atoms. The summed E-state index contributed by atoms with van der Waals surface area (Å²) in [5.41, 5.74) is -0.00135. The smallest absolute Gasteiger partial charge is 0.341 e. The van der Waals surface area contributed by atoms with Crippen LogP contribution in [-0.2, 0) is 9.53 Å². The van der Waals surface area contributed by atoms with E-state index in [-0.39, 0.29) is 22.8 Å². The van der Waals surface area contributed by atoms with Crippen LogP contribution in [-0.4, -0.2) is 64.9 Å². The second kappa shape index (κ2) is 9.90. The van der Waals surface area contributed by atoms with Crippen molar-refractivity contribution < 1.29 is 19.4 Å². The van der Waals surface area contributed by atoms with Crippen molar-refractivity contribution >= 4 is 40.1 Å². The summed E-state index contributed by atoms with van der Waals surface area (Å²) in [7, 11) is 1.83. The van der Waals surface area contributed by atoms with Gasteiger partial charge in [-0.2, -0.15) is 0 Å². The number of nitrogens with one attached hydrogen (secondary N) is 1. The number of anilines is 1. The minimum atomic E-state index is -1.30. The van der Waals surface area contributed by atoms with E-state index in [1.165, 1.54) is 22.1 Å². The molecule has 34 heavy (non-hydrogen) atoms. The Morgan fingerprint density at radius 2 is 2.24 bits per heavy atom. The van der Waals surface area contributed by atoms with Gasteiger partial charge in [0, 0.05) is 50.4 Å². The molecule has 180 valence electrons. The van der Waals surface area contributed by atoms with Gasteiger partial charge in [-0.3, -0.25) is 14.2 Å². The minimum absolute atomic E-state index is 0.0398. The van der Waals surface area contributed by atoms with Crippen molar-refractivity contribution in [2.24, 2.45) is 11.8 Å². The second-order valence-electron chi connectivity index (χ2n) is 8.61. The van der Waals surface area contributed by atoms with Crippen LogP contribution >= 0.6 is 11.3 Å². The highest BCUT2D eigenvalue weighted by Gasteiger charge is 2.23. The van der Waals surface area contributed by atoms with Crippen molar-refractivity contribution in [1.82, 2.24) is 19.9 Å². The molecule has 10 nitrogen and oxygen atoms in total. The molecule has 2 unspecified atom stereocenters. The Kier molecular flexibility index (Phi) is 6.94. The molecule has 0 spiro atoms. The SMILES string of the molecule is Cc1cc(N(C)CC(C)C(=O)NCC2CCOC2)nc2c1c(=O)c(C(=O)O)cn2-c1nccs1. The van der Waals surface area contributed by atoms with Crippen LogP contribution in [0.1, 0.15) is 29.3 Å². The van der Waals surface area contributed by atoms with Crippen molar-refractivity contribution in [2.75, 3.05) is 38.3 Å². The number of aromatic carboxylic acids is 1. The van der Waals surface area contributed by atoms with E-state index >= 15 is 0 Å². The maximum Gasteiger partial charge on any atom is 0.341 e. The lowest BCUT2D eigenvalue weighted by Crippen LogP contribution is -2.38. The molecule has 11 heteroatoms. The first-order valence-corrected chi connectivity index (χ1v) is 11.9. The zero-order chi connectivity index (χ0) is 24.4. The number of thiazole rings is 1. The van der Waals surface area contributed by atoms with Gasteiger partial charge in [0.05, 0.1) is 17.9 Å². The number of aryl methyl sites for hydroxylation is 1. The Morgan fingerprint density at radius 1 is 1.44 bits per heavy atom. The van der Waals surface area contributed by atoms with Crippen LogP contribution in [0, 0.1) is 18.8 Å². The summed E-state index contributed by atoms with van der Waals surface area (Å²) in [4.78, 5) is 48.0. The van der Waals surface area contributed by atoms with Gasteiger partial charge in [-0.25, -0.2) is 14.8 Å². The second-order valence-corrected chi connectivity index (χ2v) is 9.49. The third kappa shape index (κ3) is 4.80. The molecule has 0 aromatic carbocycles. The molecular formula is C23H27N5O5S. The van der Waals surface area contributed by atoms with Gasteiger partial charge in [0.2, 0.25) is 11.3 Å². The number of carbonyl (C=O) groups is 2. The Morgan fingerprint density at radius 3 is 2.88 bits per heavy atom. The molecule has 0 radical (unpaired) electrons. The van der Waals surface area contributed by atoms with E-state index in [1.807, 2.05) is 18.9 Å². The van der Waals surface area contributed by atoms with E-state index in [9.17, 15) is 19.5 Å². The van der Waals surface area contributed by atoms with Crippen molar-refractivity contribution in [1.29, 1.82) is 0 Å². The maximum absolute atomic E-state index is 12.9. The van der Waals surface area contributed by atoms with Crippen molar-refractivity contribution in [3.63, 3.8) is 0 Å². The van der Waals surface area contributed by atoms with Gasteiger partial charge in [0.25, 0.3) is 0 Å². The van der Waals surface area contributed by atoms with Crippen LogP contribution in [0.5, 0.6) is 0 Å². The molecule has 4 heterocycles. The monoisotopic (exact) mass is 485 g/mol. The number of fused-ring (bicyclic) bond motifs is 1. The van der Waals surface area contributed by atoms with Crippen molar-refractivity contribution in [3.8, 4) is 5.13 Å². The van der Waals surface area contributed by atoms with Crippen LogP contribution in [0.25, 0.3) is 16.2 Å². The molecule has 0 saturated carbocycles. The number of ether oxygens (including phenoxy) is 1. The molecule has 4 rings (SSSR count). The van der Waals surface area contributed by atoms with E-state index < -0.39 is 11.4 Å². The zero-order valence-corrected chi connectivity index (χ0v) is 20.1. The summed E-state index contributed by atoms with van der Waals surface area (Å²) < 4.78 is 6.89. The number of rotatable bonds is 8. The normalized spacial score (nSPS) is 16.5. The fourth-order valence-corrected chi connectivity index (χ4v) is 4.67. The molecule has 3 aromatic heterocycles. The summed E-state index contributed by atoms with van der Waals surface area (Å²) in [6.07, 6.45) is 3.83. The number of hydrogen-bond acceptors (Lipinski definition) is 8. The van der Waals surface area contributed by atoms with Crippen LogP contribution in [0.2, 0.25) is 0 Å². The molecule has 1 fully saturated rings. The standard InChI is InChI=1S/C23H27N5O5S/c1-13-8-17(27(3)10-14(2)21(30)25-9-15-4-6-33-12-15)26-20-18(13)19(29)16(22(31)32)11-28(20)23-24-5-7-34-23/h5,7-8,11,14-15H,4,6,9-10,12H2,1-3H3,(H,25,30)(H,31,32). The lowest BCUT2D eigenvalue weighted by molar-refractivity contribution is -0.124. The summed E-state index contributed by atoms with van der Waals surface area (Å²) >= 11 is 1.31. The number of hydrogen-bond donors (Lipinski definition) is 2. The molecule has 2 atom stereocenters. The number of carboxylic acid groups (broad SMARTS) is 1. The van der Waals surface area contributed by atoms with E-state index in [0.29, 0.717) is 47.8 Å². The van der Waals surface area contributed by atoms with Gasteiger partial charge in [-0.05, 0) is 25.0 Å². The lowest BCUT2D eigenvalue weighted by Gasteiger charge is -2.24. The highest BCUT2D eigenvalue weighted by atomic mass is 32.1. The highest BCUT2D eigenvalue weighted by molar-refractivity contribution is 7.12. The van der Waals surface area contributed by atoms with E-state index in [0.717, 1.165) is 13.0 Å². The molecule has 1 amide bonds. The van der Waals surface area contributed by atoms with Gasteiger partial charge in [-0.1, -0.05) is 6.92 Å². The van der Waals surface area contributed by atoms with Crippen LogP contribution < -0.4 is 15.6 Å². The quantitative estimate of drug-likeness (QED) is 0.497. The Balaban J connectivity index is 1.63. The maximum atomic E-state index is 12.9. The number of nitrogens with zero attached hydrogens (tertiary/aromatic N) is 4. The summed E-state index contributed by atoms with van der Waals surface area (Å²) in [5, 5.41) is 15.0. The van der Waals surface area contributed by atoms with Gasteiger partial charge < -0.3 is 20.1 Å². The van der Waals surface area contributed by atoms with Gasteiger partial charge in [-0.15, -0.1) is 11.3 Å². The molecule has 1 aliphatic rings. The minimum Gasteiger partial charge on any atom is -0.477 e. The van der Waals surface area contributed by atoms with Crippen molar-refractivity contribution in [3.05, 3.63) is 45.2 Å². The van der Waals surface area contributed by atoms with Gasteiger partial charge in [0.15, 0.2) is 10.8 Å². The topological polar surface area (TPSA) is 127 Å². The molecule has 0 aliphatic carbocycles. The number of aromatic nitrogens is 3. The van der Waals surface area contributed by atoms with Gasteiger partial charge in [0.1, 0.15) is 11.4 Å². The average Bonchev–Trinajstić information content (AvgIpc) is 3.51. The molecular weight excluding hydrogens is 458 g/mol. The number of carboxylic acids is 1. The molecule has 3 aromatic rings. The molecule has 1 aliphatic heterocycles. The van der Waals surface area contributed by atoms with E-state index in [4.69, 9.17) is 4.74 Å². The molecule has 2 N–H and O–H groups in total. The van der Waals surface area contributed by atoms with Crippen molar-refractivity contribution in [2.45, 2.75) is 20.3 Å². The van der Waals surface area contributed by atoms with Crippen LogP contribution in [0.15, 0.2) is 28.6 Å². The number of carbonyl (C=O) groups excluding carboxylic acids is 1. The fraction of sp³-hybridized carbons (Fsp3) is 0.435. The Labute approximate surface area is 200 Å². The third-order valence-corrected chi connectivity index (χ3v) is 6.74. The number of pyridine rings is 2. The third-order valence-electron chi connectivity index (χ3n) is 5.97. The first kappa shape index (κ1) is 23.8. The largest absolute Gasteiger partial charge is 0.477 e. The predicted octanol–water partition coefficient (Wildman–Crippen LogP) is 2.07. The summed E-state index contributed by atoms with van der Waals surface area (Å²) in [6, 6.07) is 1.74. The average molecular weight is 486 g/mol. The lowest BCUT2D eigenvalue weighted by atomic mass is 10.1. The Hall–Kier alpha value is -3.31. The number of amides is 1. The molecule has 1 saturated heterocycles. The van der Waals surface area contributed by atoms with Gasteiger partial charge >= 0.3 is 5.97 Å². The van der Waals surface area contributed by atoms with Crippen LogP contribution in [0.4, 0.5) is 5.82 Å². The zero-order valence-electron chi connectivity index (χ0n) is 19.3. The van der Waals surface area contributed by atoms with Crippen LogP contribution in [0.3, 0.4) is 0 Å². The summed E-state index contributed by atoms with van der Waals surface area (Å²) in [5.74, 6) is -0.705. The van der Waals surface area contributed by atoms with E-state index in [1.54, 1.807) is 24.6 Å². The predicted molar refractivity (Wildman–Crippen MR) is 129 cm³/mol.